The lowest BCUT2D eigenvalue weighted by Crippen LogP contribution is -2.34. The molecule has 8 heteroatoms. The molecule has 0 heterocycles. The number of hydrogen-bond donors (Lipinski definition) is 0. The maximum atomic E-state index is 13.4. The first-order chi connectivity index (χ1) is 15.9. The normalized spacial score (nSPS) is 10.6. The number of carbonyl (C=O) groups is 2. The highest BCUT2D eigenvalue weighted by Gasteiger charge is 2.19. The standard InChI is InChI=1S/C25H32ClNO5S/c1-5-32-24(28)17-33-14-13-27(12-8-10-19-9-6-7-11-21(19)26)25(29)20-15-22(30-3)18(2)23(16-20)31-4/h6-7,9,11,15-16H,5,8,10,12-14,17H2,1-4H3. The lowest BCUT2D eigenvalue weighted by atomic mass is 10.1. The predicted octanol–water partition coefficient (Wildman–Crippen LogP) is 5.04. The molecule has 0 bridgehead atoms. The SMILES string of the molecule is CCOC(=O)CSCCN(CCCc1ccccc1Cl)C(=O)c1cc(OC)c(C)c(OC)c1. The number of esters is 1. The van der Waals surface area contributed by atoms with E-state index in [1.165, 1.54) is 11.8 Å². The van der Waals surface area contributed by atoms with Crippen molar-refractivity contribution in [2.75, 3.05) is 45.4 Å². The lowest BCUT2D eigenvalue weighted by molar-refractivity contribution is -0.139. The molecule has 0 aliphatic heterocycles. The average Bonchev–Trinajstić information content (AvgIpc) is 2.81. The minimum absolute atomic E-state index is 0.109. The van der Waals surface area contributed by atoms with E-state index in [2.05, 4.69) is 0 Å². The van der Waals surface area contributed by atoms with E-state index in [1.807, 2.05) is 31.2 Å². The van der Waals surface area contributed by atoms with Gasteiger partial charge in [0.25, 0.3) is 5.91 Å². The van der Waals surface area contributed by atoms with Crippen molar-refractivity contribution in [2.45, 2.75) is 26.7 Å². The van der Waals surface area contributed by atoms with E-state index in [0.717, 1.165) is 29.0 Å². The molecule has 0 N–H and O–H groups in total. The molecule has 0 saturated heterocycles. The molecule has 0 radical (unpaired) electrons. The Kier molecular flexibility index (Phi) is 11.4. The summed E-state index contributed by atoms with van der Waals surface area (Å²) >= 11 is 7.74. The van der Waals surface area contributed by atoms with Crippen LogP contribution in [-0.2, 0) is 16.0 Å². The fourth-order valence-corrected chi connectivity index (χ4v) is 4.38. The zero-order chi connectivity index (χ0) is 24.2. The molecule has 0 fully saturated rings. The molecule has 0 unspecified atom stereocenters. The third-order valence-electron chi connectivity index (χ3n) is 5.15. The highest BCUT2D eigenvalue weighted by atomic mass is 35.5. The molecule has 0 aliphatic rings. The largest absolute Gasteiger partial charge is 0.496 e. The van der Waals surface area contributed by atoms with Gasteiger partial charge in [0, 0.05) is 35.0 Å². The van der Waals surface area contributed by atoms with Crippen LogP contribution in [-0.4, -0.2) is 62.2 Å². The van der Waals surface area contributed by atoms with Gasteiger partial charge in [-0.3, -0.25) is 9.59 Å². The highest BCUT2D eigenvalue weighted by Crippen LogP contribution is 2.30. The van der Waals surface area contributed by atoms with Gasteiger partial charge in [0.05, 0.1) is 26.6 Å². The Bertz CT molecular complexity index is 912. The summed E-state index contributed by atoms with van der Waals surface area (Å²) < 4.78 is 15.8. The van der Waals surface area contributed by atoms with Crippen molar-refractivity contribution in [3.8, 4) is 11.5 Å². The molecule has 2 aromatic rings. The van der Waals surface area contributed by atoms with E-state index in [9.17, 15) is 9.59 Å². The average molecular weight is 494 g/mol. The Morgan fingerprint density at radius 3 is 2.33 bits per heavy atom. The number of nitrogens with zero attached hydrogens (tertiary/aromatic N) is 1. The number of rotatable bonds is 13. The Hall–Kier alpha value is -2.38. The molecule has 2 aromatic carbocycles. The molecule has 180 valence electrons. The smallest absolute Gasteiger partial charge is 0.315 e. The Balaban J connectivity index is 2.12. The molecule has 0 spiro atoms. The van der Waals surface area contributed by atoms with E-state index in [0.29, 0.717) is 42.5 Å². The summed E-state index contributed by atoms with van der Waals surface area (Å²) in [7, 11) is 3.15. The number of hydrogen-bond acceptors (Lipinski definition) is 6. The molecule has 0 aromatic heterocycles. The number of methoxy groups -OCH3 is 2. The van der Waals surface area contributed by atoms with Crippen LogP contribution in [0.3, 0.4) is 0 Å². The minimum atomic E-state index is -0.243. The first kappa shape index (κ1) is 26.9. The van der Waals surface area contributed by atoms with E-state index >= 15 is 0 Å². The van der Waals surface area contributed by atoms with Gasteiger partial charge in [0.15, 0.2) is 0 Å². The number of aryl methyl sites for hydroxylation is 1. The zero-order valence-electron chi connectivity index (χ0n) is 19.7. The maximum absolute atomic E-state index is 13.4. The molecule has 0 aliphatic carbocycles. The van der Waals surface area contributed by atoms with E-state index < -0.39 is 0 Å². The Morgan fingerprint density at radius 2 is 1.73 bits per heavy atom. The molecular formula is C25H32ClNO5S. The zero-order valence-corrected chi connectivity index (χ0v) is 21.3. The fraction of sp³-hybridized carbons (Fsp3) is 0.440. The van der Waals surface area contributed by atoms with Crippen LogP contribution in [0, 0.1) is 6.92 Å². The minimum Gasteiger partial charge on any atom is -0.496 e. The molecule has 2 rings (SSSR count). The van der Waals surface area contributed by atoms with Crippen LogP contribution in [0.4, 0.5) is 0 Å². The summed E-state index contributed by atoms with van der Waals surface area (Å²) in [4.78, 5) is 26.8. The van der Waals surface area contributed by atoms with Gasteiger partial charge in [-0.15, -0.1) is 11.8 Å². The van der Waals surface area contributed by atoms with Crippen LogP contribution in [0.2, 0.25) is 5.02 Å². The van der Waals surface area contributed by atoms with Crippen LogP contribution in [0.15, 0.2) is 36.4 Å². The number of ether oxygens (including phenoxy) is 3. The maximum Gasteiger partial charge on any atom is 0.315 e. The van der Waals surface area contributed by atoms with Crippen molar-refractivity contribution in [1.82, 2.24) is 4.90 Å². The third-order valence-corrected chi connectivity index (χ3v) is 6.43. The van der Waals surface area contributed by atoms with Crippen molar-refractivity contribution in [3.05, 3.63) is 58.1 Å². The number of halogens is 1. The quantitative estimate of drug-likeness (QED) is 0.288. The van der Waals surface area contributed by atoms with Gasteiger partial charge >= 0.3 is 5.97 Å². The first-order valence-corrected chi connectivity index (χ1v) is 12.4. The van der Waals surface area contributed by atoms with E-state index in [4.69, 9.17) is 25.8 Å². The third kappa shape index (κ3) is 8.16. The van der Waals surface area contributed by atoms with Crippen molar-refractivity contribution in [2.24, 2.45) is 0 Å². The fourth-order valence-electron chi connectivity index (χ4n) is 3.40. The van der Waals surface area contributed by atoms with Gasteiger partial charge in [-0.2, -0.15) is 0 Å². The van der Waals surface area contributed by atoms with Crippen LogP contribution in [0.25, 0.3) is 0 Å². The van der Waals surface area contributed by atoms with Gasteiger partial charge in [0.1, 0.15) is 11.5 Å². The summed E-state index contributed by atoms with van der Waals surface area (Å²) in [5.41, 5.74) is 2.40. The van der Waals surface area contributed by atoms with Crippen molar-refractivity contribution >= 4 is 35.2 Å². The summed E-state index contributed by atoms with van der Waals surface area (Å²) in [5, 5.41) is 0.730. The van der Waals surface area contributed by atoms with Crippen molar-refractivity contribution in [3.63, 3.8) is 0 Å². The lowest BCUT2D eigenvalue weighted by Gasteiger charge is -2.24. The topological polar surface area (TPSA) is 65.1 Å². The number of thioether (sulfide) groups is 1. The second kappa shape index (κ2) is 14.0. The van der Waals surface area contributed by atoms with Gasteiger partial charge in [-0.25, -0.2) is 0 Å². The van der Waals surface area contributed by atoms with Gasteiger partial charge in [-0.1, -0.05) is 29.8 Å². The molecule has 0 saturated carbocycles. The summed E-state index contributed by atoms with van der Waals surface area (Å²) in [6.45, 7) is 5.10. The van der Waals surface area contributed by atoms with E-state index in [-0.39, 0.29) is 17.6 Å². The summed E-state index contributed by atoms with van der Waals surface area (Å²) in [6.07, 6.45) is 1.53. The van der Waals surface area contributed by atoms with Gasteiger partial charge in [-0.05, 0) is 50.5 Å². The predicted molar refractivity (Wildman–Crippen MR) is 134 cm³/mol. The first-order valence-electron chi connectivity index (χ1n) is 10.9. The monoisotopic (exact) mass is 493 g/mol. The van der Waals surface area contributed by atoms with Gasteiger partial charge < -0.3 is 19.1 Å². The van der Waals surface area contributed by atoms with Crippen LogP contribution >= 0.6 is 23.4 Å². The van der Waals surface area contributed by atoms with Crippen molar-refractivity contribution in [1.29, 1.82) is 0 Å². The Labute approximate surface area is 205 Å². The molecule has 33 heavy (non-hydrogen) atoms. The van der Waals surface area contributed by atoms with Gasteiger partial charge in [0.2, 0.25) is 0 Å². The van der Waals surface area contributed by atoms with Crippen LogP contribution in [0.1, 0.15) is 34.8 Å². The Morgan fingerprint density at radius 1 is 1.06 bits per heavy atom. The second-order valence-corrected chi connectivity index (χ2v) is 8.86. The molecule has 0 atom stereocenters. The number of carbonyl (C=O) groups excluding carboxylic acids is 2. The summed E-state index contributed by atoms with van der Waals surface area (Å²) in [5.74, 6) is 1.74. The number of benzene rings is 2. The summed E-state index contributed by atoms with van der Waals surface area (Å²) in [6, 6.07) is 11.2. The number of amides is 1. The molecule has 6 nitrogen and oxygen atoms in total. The van der Waals surface area contributed by atoms with Crippen molar-refractivity contribution < 1.29 is 23.8 Å². The molecular weight excluding hydrogens is 462 g/mol. The molecule has 1 amide bonds. The highest BCUT2D eigenvalue weighted by molar-refractivity contribution is 7.99. The second-order valence-electron chi connectivity index (χ2n) is 7.35. The van der Waals surface area contributed by atoms with E-state index in [1.54, 1.807) is 38.2 Å². The van der Waals surface area contributed by atoms with Crippen LogP contribution in [0.5, 0.6) is 11.5 Å². The van der Waals surface area contributed by atoms with Crippen LogP contribution < -0.4 is 9.47 Å².